The van der Waals surface area contributed by atoms with Crippen molar-refractivity contribution in [2.75, 3.05) is 22.5 Å². The van der Waals surface area contributed by atoms with E-state index in [1.165, 1.54) is 6.92 Å². The molecule has 146 valence electrons. The molecule has 2 aromatic rings. The van der Waals surface area contributed by atoms with Gasteiger partial charge in [-0.25, -0.2) is 8.42 Å². The first-order valence-electron chi connectivity index (χ1n) is 8.42. The van der Waals surface area contributed by atoms with Crippen LogP contribution >= 0.6 is 11.6 Å². The number of nitrogens with one attached hydrogen (secondary N) is 1. The molecular weight excluding hydrogens is 388 g/mol. The molecular formula is C19H23ClN2O4S. The van der Waals surface area contributed by atoms with Crippen LogP contribution in [0.5, 0.6) is 5.75 Å². The van der Waals surface area contributed by atoms with E-state index in [2.05, 4.69) is 5.32 Å². The van der Waals surface area contributed by atoms with E-state index >= 15 is 0 Å². The summed E-state index contributed by atoms with van der Waals surface area (Å²) in [6.07, 6.45) is 1.07. The first-order valence-corrected chi connectivity index (χ1v) is 10.7. The van der Waals surface area contributed by atoms with Crippen LogP contribution in [0.15, 0.2) is 42.5 Å². The van der Waals surface area contributed by atoms with E-state index in [1.807, 2.05) is 13.8 Å². The first kappa shape index (κ1) is 21.1. The Kier molecular flexibility index (Phi) is 6.73. The molecule has 1 amide bonds. The van der Waals surface area contributed by atoms with Crippen LogP contribution < -0.4 is 14.4 Å². The second-order valence-corrected chi connectivity index (χ2v) is 8.41. The smallest absolute Gasteiger partial charge is 0.248 e. The highest BCUT2D eigenvalue weighted by Gasteiger charge is 2.29. The number of halogens is 1. The zero-order valence-corrected chi connectivity index (χ0v) is 17.3. The molecule has 0 spiro atoms. The van der Waals surface area contributed by atoms with Crippen molar-refractivity contribution in [3.05, 3.63) is 53.1 Å². The van der Waals surface area contributed by atoms with Crippen LogP contribution in [-0.2, 0) is 14.8 Å². The highest BCUT2D eigenvalue weighted by molar-refractivity contribution is 7.92. The van der Waals surface area contributed by atoms with Gasteiger partial charge in [0.15, 0.2) is 0 Å². The van der Waals surface area contributed by atoms with E-state index in [0.29, 0.717) is 28.8 Å². The molecule has 0 saturated carbocycles. The summed E-state index contributed by atoms with van der Waals surface area (Å²) in [5, 5.41) is 3.32. The lowest BCUT2D eigenvalue weighted by atomic mass is 10.2. The number of nitrogens with zero attached hydrogens (tertiary/aromatic N) is 1. The third kappa shape index (κ3) is 5.37. The lowest BCUT2D eigenvalue weighted by molar-refractivity contribution is -0.116. The van der Waals surface area contributed by atoms with Crippen LogP contribution in [-0.4, -0.2) is 33.2 Å². The number of carbonyl (C=O) groups is 1. The Bertz CT molecular complexity index is 914. The summed E-state index contributed by atoms with van der Waals surface area (Å²) in [6.45, 7) is 5.72. The number of carbonyl (C=O) groups excluding carboxylic acids is 1. The van der Waals surface area contributed by atoms with Gasteiger partial charge in [0.05, 0.1) is 18.6 Å². The van der Waals surface area contributed by atoms with E-state index in [-0.39, 0.29) is 0 Å². The van der Waals surface area contributed by atoms with Crippen molar-refractivity contribution in [1.29, 1.82) is 0 Å². The minimum atomic E-state index is -3.69. The molecule has 0 bridgehead atoms. The number of amides is 1. The molecule has 8 heteroatoms. The molecule has 0 aromatic heterocycles. The number of benzene rings is 2. The average molecular weight is 411 g/mol. The van der Waals surface area contributed by atoms with Crippen LogP contribution in [0.1, 0.15) is 19.4 Å². The monoisotopic (exact) mass is 410 g/mol. The fraction of sp³-hybridized carbons (Fsp3) is 0.316. The van der Waals surface area contributed by atoms with Crippen LogP contribution in [0, 0.1) is 6.92 Å². The normalized spacial score (nSPS) is 12.3. The van der Waals surface area contributed by atoms with Crippen LogP contribution in [0.4, 0.5) is 11.4 Å². The van der Waals surface area contributed by atoms with E-state index in [4.69, 9.17) is 16.3 Å². The molecule has 6 nitrogen and oxygen atoms in total. The van der Waals surface area contributed by atoms with Crippen LogP contribution in [0.3, 0.4) is 0 Å². The summed E-state index contributed by atoms with van der Waals surface area (Å²) < 4.78 is 31.2. The first-order chi connectivity index (χ1) is 12.6. The van der Waals surface area contributed by atoms with E-state index in [9.17, 15) is 13.2 Å². The Hall–Kier alpha value is -2.25. The predicted molar refractivity (Wildman–Crippen MR) is 109 cm³/mol. The molecule has 0 radical (unpaired) electrons. The summed E-state index contributed by atoms with van der Waals surface area (Å²) in [5.41, 5.74) is 1.75. The minimum absolute atomic E-state index is 0.386. The van der Waals surface area contributed by atoms with Gasteiger partial charge in [0.2, 0.25) is 15.9 Å². The lowest BCUT2D eigenvalue weighted by Gasteiger charge is -2.28. The number of rotatable bonds is 7. The Morgan fingerprint density at radius 3 is 2.37 bits per heavy atom. The van der Waals surface area contributed by atoms with Crippen molar-refractivity contribution in [3.63, 3.8) is 0 Å². The summed E-state index contributed by atoms with van der Waals surface area (Å²) in [7, 11) is -3.69. The van der Waals surface area contributed by atoms with E-state index in [1.54, 1.807) is 42.5 Å². The molecule has 0 heterocycles. The van der Waals surface area contributed by atoms with Gasteiger partial charge in [0.1, 0.15) is 11.8 Å². The Morgan fingerprint density at radius 2 is 1.85 bits per heavy atom. The molecule has 1 atom stereocenters. The van der Waals surface area contributed by atoms with Gasteiger partial charge in [-0.1, -0.05) is 11.6 Å². The summed E-state index contributed by atoms with van der Waals surface area (Å²) >= 11 is 5.93. The standard InChI is InChI=1S/C19H23ClN2O4S/c1-5-26-17-9-7-16(8-10-17)22(27(4,24)25)14(3)19(23)21-18-11-6-15(20)12-13(18)2/h6-12,14H,5H2,1-4H3,(H,21,23)/t14-/m0/s1. The summed E-state index contributed by atoms with van der Waals surface area (Å²) in [6, 6.07) is 10.7. The number of aryl methyl sites for hydroxylation is 1. The Morgan fingerprint density at radius 1 is 1.22 bits per heavy atom. The quantitative estimate of drug-likeness (QED) is 0.752. The van der Waals surface area contributed by atoms with Gasteiger partial charge in [-0.15, -0.1) is 0 Å². The lowest BCUT2D eigenvalue weighted by Crippen LogP contribution is -2.45. The molecule has 2 rings (SSSR count). The Balaban J connectivity index is 2.28. The SMILES string of the molecule is CCOc1ccc(N([C@@H](C)C(=O)Nc2ccc(Cl)cc2C)S(C)(=O)=O)cc1. The van der Waals surface area contributed by atoms with Crippen molar-refractivity contribution in [2.45, 2.75) is 26.8 Å². The van der Waals surface area contributed by atoms with Crippen LogP contribution in [0.25, 0.3) is 0 Å². The molecule has 0 aliphatic rings. The molecule has 27 heavy (non-hydrogen) atoms. The molecule has 0 aliphatic heterocycles. The average Bonchev–Trinajstić information content (AvgIpc) is 2.58. The topological polar surface area (TPSA) is 75.7 Å². The zero-order chi connectivity index (χ0) is 20.2. The molecule has 0 fully saturated rings. The van der Waals surface area contributed by atoms with Crippen molar-refractivity contribution in [2.24, 2.45) is 0 Å². The molecule has 0 unspecified atom stereocenters. The fourth-order valence-electron chi connectivity index (χ4n) is 2.67. The molecule has 2 aromatic carbocycles. The van der Waals surface area contributed by atoms with Crippen LogP contribution in [0.2, 0.25) is 5.02 Å². The Labute approximate surface area is 165 Å². The van der Waals surface area contributed by atoms with Crippen molar-refractivity contribution in [3.8, 4) is 5.75 Å². The fourth-order valence-corrected chi connectivity index (χ4v) is 4.07. The van der Waals surface area contributed by atoms with Gasteiger partial charge in [-0.05, 0) is 68.8 Å². The maximum absolute atomic E-state index is 12.7. The third-order valence-corrected chi connectivity index (χ3v) is 5.41. The van der Waals surface area contributed by atoms with E-state index < -0.39 is 22.0 Å². The van der Waals surface area contributed by atoms with Gasteiger partial charge in [0.25, 0.3) is 0 Å². The van der Waals surface area contributed by atoms with Crippen molar-refractivity contribution < 1.29 is 17.9 Å². The van der Waals surface area contributed by atoms with Gasteiger partial charge in [-0.3, -0.25) is 9.10 Å². The predicted octanol–water partition coefficient (Wildman–Crippen LogP) is 3.84. The van der Waals surface area contributed by atoms with Gasteiger partial charge < -0.3 is 10.1 Å². The highest BCUT2D eigenvalue weighted by Crippen LogP contribution is 2.25. The molecule has 0 aliphatic carbocycles. The second kappa shape index (κ2) is 8.63. The van der Waals surface area contributed by atoms with Crippen molar-refractivity contribution >= 4 is 38.9 Å². The number of ether oxygens (including phenoxy) is 1. The van der Waals surface area contributed by atoms with Crippen molar-refractivity contribution in [1.82, 2.24) is 0 Å². The summed E-state index contributed by atoms with van der Waals surface area (Å²) in [5.74, 6) is 0.184. The van der Waals surface area contributed by atoms with Gasteiger partial charge in [0, 0.05) is 10.7 Å². The van der Waals surface area contributed by atoms with Gasteiger partial charge >= 0.3 is 0 Å². The largest absolute Gasteiger partial charge is 0.494 e. The number of anilines is 2. The number of hydrogen-bond acceptors (Lipinski definition) is 4. The third-order valence-electron chi connectivity index (χ3n) is 3.94. The van der Waals surface area contributed by atoms with Gasteiger partial charge in [-0.2, -0.15) is 0 Å². The summed E-state index contributed by atoms with van der Waals surface area (Å²) in [4.78, 5) is 12.7. The zero-order valence-electron chi connectivity index (χ0n) is 15.7. The minimum Gasteiger partial charge on any atom is -0.494 e. The molecule has 0 saturated heterocycles. The maximum Gasteiger partial charge on any atom is 0.248 e. The molecule has 1 N–H and O–H groups in total. The highest BCUT2D eigenvalue weighted by atomic mass is 35.5. The number of sulfonamides is 1. The number of hydrogen-bond donors (Lipinski definition) is 1. The second-order valence-electron chi connectivity index (χ2n) is 6.11. The maximum atomic E-state index is 12.7. The van der Waals surface area contributed by atoms with E-state index in [0.717, 1.165) is 16.1 Å².